The van der Waals surface area contributed by atoms with Gasteiger partial charge in [-0.25, -0.2) is 4.39 Å². The molecule has 0 saturated heterocycles. The van der Waals surface area contributed by atoms with Gasteiger partial charge >= 0.3 is 0 Å². The molecule has 2 rings (SSSR count). The van der Waals surface area contributed by atoms with Crippen LogP contribution in [0.5, 0.6) is 0 Å². The van der Waals surface area contributed by atoms with E-state index in [1.807, 2.05) is 37.3 Å². The van der Waals surface area contributed by atoms with Gasteiger partial charge in [0.1, 0.15) is 5.82 Å². The summed E-state index contributed by atoms with van der Waals surface area (Å²) in [6.45, 7) is 2.03. The third kappa shape index (κ3) is 5.26. The van der Waals surface area contributed by atoms with E-state index in [9.17, 15) is 9.18 Å². The topological polar surface area (TPSA) is 29.1 Å². The fraction of sp³-hybridized carbons (Fsp3) is 0.278. The quantitative estimate of drug-likeness (QED) is 0.762. The Bertz CT molecular complexity index is 630. The van der Waals surface area contributed by atoms with Gasteiger partial charge in [-0.05, 0) is 24.1 Å². The fourth-order valence-electron chi connectivity index (χ4n) is 2.26. The second-order valence-corrected chi connectivity index (χ2v) is 6.52. The molecule has 122 valence electrons. The molecule has 0 radical (unpaired) electrons. The summed E-state index contributed by atoms with van der Waals surface area (Å²) in [4.78, 5) is 12.1. The van der Waals surface area contributed by atoms with Crippen molar-refractivity contribution >= 4 is 29.3 Å². The molecule has 5 heteroatoms. The molecule has 2 aromatic rings. The van der Waals surface area contributed by atoms with Crippen molar-refractivity contribution in [1.82, 2.24) is 5.32 Å². The van der Waals surface area contributed by atoms with Crippen LogP contribution in [0.2, 0.25) is 5.02 Å². The predicted octanol–water partition coefficient (Wildman–Crippen LogP) is 4.98. The number of hydrogen-bond donors (Lipinski definition) is 1. The Morgan fingerprint density at radius 3 is 2.61 bits per heavy atom. The number of halogens is 2. The normalized spacial score (nSPS) is 12.0. The lowest BCUT2D eigenvalue weighted by Gasteiger charge is -2.17. The van der Waals surface area contributed by atoms with E-state index in [0.717, 1.165) is 12.0 Å². The molecule has 1 atom stereocenters. The minimum Gasteiger partial charge on any atom is -0.349 e. The van der Waals surface area contributed by atoms with Crippen LogP contribution in [0.4, 0.5) is 4.39 Å². The Labute approximate surface area is 145 Å². The van der Waals surface area contributed by atoms with Crippen LogP contribution in [-0.4, -0.2) is 11.7 Å². The Hall–Kier alpha value is -1.52. The first-order valence-corrected chi connectivity index (χ1v) is 9.00. The second kappa shape index (κ2) is 8.94. The Morgan fingerprint density at radius 1 is 1.22 bits per heavy atom. The molecule has 2 nitrogen and oxygen atoms in total. The molecule has 0 aliphatic carbocycles. The summed E-state index contributed by atoms with van der Waals surface area (Å²) >= 11 is 7.33. The maximum absolute atomic E-state index is 13.7. The number of carbonyl (C=O) groups excluding carboxylic acids is 1. The van der Waals surface area contributed by atoms with Gasteiger partial charge in [0.25, 0.3) is 0 Å². The monoisotopic (exact) mass is 351 g/mol. The number of benzene rings is 2. The molecule has 1 N–H and O–H groups in total. The van der Waals surface area contributed by atoms with E-state index in [1.54, 1.807) is 12.1 Å². The molecule has 2 aromatic carbocycles. The zero-order chi connectivity index (χ0) is 16.7. The first kappa shape index (κ1) is 17.8. The minimum atomic E-state index is -0.332. The Balaban J connectivity index is 1.85. The van der Waals surface area contributed by atoms with Crippen molar-refractivity contribution in [2.75, 3.05) is 5.75 Å². The van der Waals surface area contributed by atoms with E-state index in [4.69, 9.17) is 11.6 Å². The van der Waals surface area contributed by atoms with Gasteiger partial charge in [-0.15, -0.1) is 11.8 Å². The number of hydrogen-bond acceptors (Lipinski definition) is 2. The maximum Gasteiger partial charge on any atom is 0.230 e. The molecule has 0 aliphatic heterocycles. The molecule has 0 spiro atoms. The van der Waals surface area contributed by atoms with Crippen molar-refractivity contribution in [2.24, 2.45) is 0 Å². The minimum absolute atomic E-state index is 0.00125. The SMILES string of the molecule is CC[C@@H](NC(=O)CSCc1c(F)cccc1Cl)c1ccccc1. The Kier molecular flexibility index (Phi) is 6.93. The van der Waals surface area contributed by atoms with Gasteiger partial charge in [-0.3, -0.25) is 4.79 Å². The Morgan fingerprint density at radius 2 is 1.96 bits per heavy atom. The van der Waals surface area contributed by atoms with Crippen LogP contribution in [0.1, 0.15) is 30.5 Å². The third-order valence-electron chi connectivity index (χ3n) is 3.49. The van der Waals surface area contributed by atoms with Crippen molar-refractivity contribution in [3.05, 3.63) is 70.5 Å². The summed E-state index contributed by atoms with van der Waals surface area (Å²) in [5.41, 5.74) is 1.53. The molecule has 0 saturated carbocycles. The van der Waals surface area contributed by atoms with Crippen LogP contribution in [0, 0.1) is 5.82 Å². The molecule has 23 heavy (non-hydrogen) atoms. The van der Waals surface area contributed by atoms with E-state index < -0.39 is 0 Å². The van der Waals surface area contributed by atoms with Crippen LogP contribution < -0.4 is 5.32 Å². The fourth-order valence-corrected chi connectivity index (χ4v) is 3.44. The number of thioether (sulfide) groups is 1. The highest BCUT2D eigenvalue weighted by atomic mass is 35.5. The van der Waals surface area contributed by atoms with Gasteiger partial charge in [0.2, 0.25) is 5.91 Å². The molecule has 0 heterocycles. The van der Waals surface area contributed by atoms with Crippen LogP contribution >= 0.6 is 23.4 Å². The standard InChI is InChI=1S/C18H19ClFNOS/c1-2-17(13-7-4-3-5-8-13)21-18(22)12-23-11-14-15(19)9-6-10-16(14)20/h3-10,17H,2,11-12H2,1H3,(H,21,22)/t17-/m1/s1. The highest BCUT2D eigenvalue weighted by Gasteiger charge is 2.13. The first-order valence-electron chi connectivity index (χ1n) is 7.46. The van der Waals surface area contributed by atoms with Crippen molar-refractivity contribution in [2.45, 2.75) is 25.1 Å². The molecular weight excluding hydrogens is 333 g/mol. The summed E-state index contributed by atoms with van der Waals surface area (Å²) in [7, 11) is 0. The lowest BCUT2D eigenvalue weighted by molar-refractivity contribution is -0.119. The lowest BCUT2D eigenvalue weighted by Crippen LogP contribution is -2.29. The zero-order valence-corrected chi connectivity index (χ0v) is 14.5. The molecule has 0 aliphatic rings. The highest BCUT2D eigenvalue weighted by molar-refractivity contribution is 7.99. The van der Waals surface area contributed by atoms with Crippen LogP contribution in [0.3, 0.4) is 0 Å². The maximum atomic E-state index is 13.7. The summed E-state index contributed by atoms with van der Waals surface area (Å²) < 4.78 is 13.7. The van der Waals surface area contributed by atoms with Crippen LogP contribution in [0.25, 0.3) is 0 Å². The predicted molar refractivity (Wildman–Crippen MR) is 95.2 cm³/mol. The van der Waals surface area contributed by atoms with Crippen molar-refractivity contribution < 1.29 is 9.18 Å². The van der Waals surface area contributed by atoms with Gasteiger partial charge in [0, 0.05) is 16.3 Å². The average Bonchev–Trinajstić information content (AvgIpc) is 2.56. The average molecular weight is 352 g/mol. The van der Waals surface area contributed by atoms with Crippen molar-refractivity contribution in [3.63, 3.8) is 0 Å². The lowest BCUT2D eigenvalue weighted by atomic mass is 10.0. The van der Waals surface area contributed by atoms with Gasteiger partial charge in [-0.1, -0.05) is 54.9 Å². The number of rotatable bonds is 7. The van der Waals surface area contributed by atoms with Gasteiger partial charge in [-0.2, -0.15) is 0 Å². The first-order chi connectivity index (χ1) is 11.1. The third-order valence-corrected chi connectivity index (χ3v) is 4.80. The molecule has 0 fully saturated rings. The number of amides is 1. The highest BCUT2D eigenvalue weighted by Crippen LogP contribution is 2.24. The summed E-state index contributed by atoms with van der Waals surface area (Å²) in [6, 6.07) is 14.5. The van der Waals surface area contributed by atoms with E-state index in [2.05, 4.69) is 5.32 Å². The number of carbonyl (C=O) groups is 1. The molecule has 0 unspecified atom stereocenters. The zero-order valence-electron chi connectivity index (χ0n) is 12.9. The largest absolute Gasteiger partial charge is 0.349 e. The van der Waals surface area contributed by atoms with E-state index in [1.165, 1.54) is 17.8 Å². The van der Waals surface area contributed by atoms with Gasteiger partial charge in [0.05, 0.1) is 11.8 Å². The molecule has 0 bridgehead atoms. The number of nitrogens with one attached hydrogen (secondary N) is 1. The van der Waals surface area contributed by atoms with Crippen LogP contribution in [0.15, 0.2) is 48.5 Å². The van der Waals surface area contributed by atoms with Gasteiger partial charge in [0.15, 0.2) is 0 Å². The molecular formula is C18H19ClFNOS. The molecule has 1 amide bonds. The second-order valence-electron chi connectivity index (χ2n) is 5.13. The van der Waals surface area contributed by atoms with Crippen molar-refractivity contribution in [1.29, 1.82) is 0 Å². The van der Waals surface area contributed by atoms with Gasteiger partial charge < -0.3 is 5.32 Å². The smallest absolute Gasteiger partial charge is 0.230 e. The summed E-state index contributed by atoms with van der Waals surface area (Å²) in [5.74, 6) is 0.258. The summed E-state index contributed by atoms with van der Waals surface area (Å²) in [5, 5.41) is 3.41. The molecule has 0 aromatic heterocycles. The van der Waals surface area contributed by atoms with E-state index in [0.29, 0.717) is 16.3 Å². The van der Waals surface area contributed by atoms with E-state index in [-0.39, 0.29) is 23.5 Å². The summed E-state index contributed by atoms with van der Waals surface area (Å²) in [6.07, 6.45) is 0.819. The van der Waals surface area contributed by atoms with Crippen LogP contribution in [-0.2, 0) is 10.5 Å². The van der Waals surface area contributed by atoms with Crippen molar-refractivity contribution in [3.8, 4) is 0 Å². The van der Waals surface area contributed by atoms with E-state index >= 15 is 0 Å².